The molecule has 0 saturated carbocycles. The summed E-state index contributed by atoms with van der Waals surface area (Å²) in [5, 5.41) is 1.09. The average molecular weight is 623 g/mol. The van der Waals surface area contributed by atoms with Crippen LogP contribution in [0.3, 0.4) is 0 Å². The van der Waals surface area contributed by atoms with E-state index in [9.17, 15) is 0 Å². The standard InChI is InChI=1S/C45H38N2O/c1-29(2)36-24-34(31-16-8-5-9-17-31)25-37(30(3)4)44(36)47-41-23-15-14-22-40(41)46-45(47)35-26-38(32-18-10-6-11-19-32)39-28-42(48-43(39)27-35)33-20-12-7-13-21-33/h5-30H,1-4H3. The molecule has 0 aliphatic rings. The molecule has 0 N–H and O–H groups in total. The first-order valence-corrected chi connectivity index (χ1v) is 16.9. The van der Waals surface area contributed by atoms with E-state index in [0.717, 1.165) is 55.8 Å². The van der Waals surface area contributed by atoms with Gasteiger partial charge in [0.1, 0.15) is 17.2 Å². The van der Waals surface area contributed by atoms with Gasteiger partial charge in [0, 0.05) is 16.5 Å². The summed E-state index contributed by atoms with van der Waals surface area (Å²) in [4.78, 5) is 5.37. The molecule has 2 heterocycles. The summed E-state index contributed by atoms with van der Waals surface area (Å²) in [5.74, 6) is 2.34. The molecule has 0 unspecified atom stereocenters. The number of rotatable bonds is 7. The van der Waals surface area contributed by atoms with Crippen LogP contribution in [0.2, 0.25) is 0 Å². The highest BCUT2D eigenvalue weighted by molar-refractivity contribution is 6.00. The molecule has 8 rings (SSSR count). The average Bonchev–Trinajstić information content (AvgIpc) is 3.74. The second-order valence-corrected chi connectivity index (χ2v) is 13.2. The van der Waals surface area contributed by atoms with Crippen LogP contribution in [0, 0.1) is 0 Å². The van der Waals surface area contributed by atoms with E-state index in [0.29, 0.717) is 0 Å². The predicted molar refractivity (Wildman–Crippen MR) is 201 cm³/mol. The highest BCUT2D eigenvalue weighted by atomic mass is 16.3. The summed E-state index contributed by atoms with van der Waals surface area (Å²) in [6.45, 7) is 9.18. The van der Waals surface area contributed by atoms with Crippen molar-refractivity contribution in [1.82, 2.24) is 9.55 Å². The van der Waals surface area contributed by atoms with Crippen molar-refractivity contribution in [2.24, 2.45) is 0 Å². The Balaban J connectivity index is 1.44. The lowest BCUT2D eigenvalue weighted by molar-refractivity contribution is 0.631. The van der Waals surface area contributed by atoms with Gasteiger partial charge in [-0.3, -0.25) is 4.57 Å². The largest absolute Gasteiger partial charge is 0.456 e. The van der Waals surface area contributed by atoms with Crippen LogP contribution in [-0.4, -0.2) is 9.55 Å². The summed E-state index contributed by atoms with van der Waals surface area (Å²) >= 11 is 0. The van der Waals surface area contributed by atoms with Crippen molar-refractivity contribution in [2.45, 2.75) is 39.5 Å². The van der Waals surface area contributed by atoms with Crippen LogP contribution in [0.5, 0.6) is 0 Å². The minimum Gasteiger partial charge on any atom is -0.456 e. The van der Waals surface area contributed by atoms with Gasteiger partial charge in [0.2, 0.25) is 0 Å². The summed E-state index contributed by atoms with van der Waals surface area (Å²) in [6.07, 6.45) is 0. The number of nitrogens with zero attached hydrogens (tertiary/aromatic N) is 2. The first-order valence-electron chi connectivity index (χ1n) is 16.9. The summed E-state index contributed by atoms with van der Waals surface area (Å²) in [5.41, 5.74) is 13.5. The molecule has 0 aliphatic heterocycles. The molecule has 3 nitrogen and oxygen atoms in total. The van der Waals surface area contributed by atoms with Crippen molar-refractivity contribution in [3.8, 4) is 50.7 Å². The zero-order chi connectivity index (χ0) is 32.8. The van der Waals surface area contributed by atoms with E-state index in [4.69, 9.17) is 9.40 Å². The predicted octanol–water partition coefficient (Wildman–Crippen LogP) is 12.7. The van der Waals surface area contributed by atoms with Gasteiger partial charge in [-0.05, 0) is 87.7 Å². The summed E-state index contributed by atoms with van der Waals surface area (Å²) in [7, 11) is 0. The maximum Gasteiger partial charge on any atom is 0.145 e. The van der Waals surface area contributed by atoms with Gasteiger partial charge in [0.15, 0.2) is 0 Å². The highest BCUT2D eigenvalue weighted by Crippen LogP contribution is 2.43. The topological polar surface area (TPSA) is 31.0 Å². The number of fused-ring (bicyclic) bond motifs is 2. The minimum absolute atomic E-state index is 0.288. The molecular formula is C45H38N2O. The number of hydrogen-bond donors (Lipinski definition) is 0. The fourth-order valence-corrected chi connectivity index (χ4v) is 6.93. The lowest BCUT2D eigenvalue weighted by Gasteiger charge is -2.24. The third kappa shape index (κ3) is 5.22. The smallest absolute Gasteiger partial charge is 0.145 e. The van der Waals surface area contributed by atoms with Crippen molar-refractivity contribution >= 4 is 22.0 Å². The van der Waals surface area contributed by atoms with E-state index in [1.54, 1.807) is 0 Å². The molecule has 0 amide bonds. The molecule has 0 fully saturated rings. The van der Waals surface area contributed by atoms with Gasteiger partial charge in [-0.15, -0.1) is 0 Å². The van der Waals surface area contributed by atoms with Crippen molar-refractivity contribution in [3.05, 3.63) is 157 Å². The van der Waals surface area contributed by atoms with Crippen LogP contribution in [0.4, 0.5) is 0 Å². The van der Waals surface area contributed by atoms with Crippen LogP contribution in [-0.2, 0) is 0 Å². The molecule has 6 aromatic carbocycles. The molecule has 0 spiro atoms. The van der Waals surface area contributed by atoms with Gasteiger partial charge in [-0.25, -0.2) is 4.98 Å². The number of furan rings is 1. The lowest BCUT2D eigenvalue weighted by Crippen LogP contribution is -2.09. The number of imidazole rings is 1. The Hall–Kier alpha value is -5.67. The highest BCUT2D eigenvalue weighted by Gasteiger charge is 2.25. The third-order valence-electron chi connectivity index (χ3n) is 9.34. The molecule has 0 radical (unpaired) electrons. The Morgan fingerprint density at radius 2 is 1.08 bits per heavy atom. The van der Waals surface area contributed by atoms with E-state index in [-0.39, 0.29) is 11.8 Å². The molecule has 0 saturated heterocycles. The number of benzene rings is 6. The molecule has 0 atom stereocenters. The fraction of sp³-hybridized carbons (Fsp3) is 0.133. The van der Waals surface area contributed by atoms with Crippen molar-refractivity contribution in [2.75, 3.05) is 0 Å². The third-order valence-corrected chi connectivity index (χ3v) is 9.34. The molecule has 0 bridgehead atoms. The van der Waals surface area contributed by atoms with Gasteiger partial charge < -0.3 is 4.42 Å². The van der Waals surface area contributed by atoms with Crippen LogP contribution in [0.15, 0.2) is 150 Å². The van der Waals surface area contributed by atoms with Crippen LogP contribution < -0.4 is 0 Å². The molecule has 234 valence electrons. The fourth-order valence-electron chi connectivity index (χ4n) is 6.93. The van der Waals surface area contributed by atoms with Gasteiger partial charge >= 0.3 is 0 Å². The van der Waals surface area contributed by atoms with E-state index in [2.05, 4.69) is 172 Å². The quantitative estimate of drug-likeness (QED) is 0.177. The Morgan fingerprint density at radius 3 is 1.71 bits per heavy atom. The molecule has 8 aromatic rings. The van der Waals surface area contributed by atoms with Crippen molar-refractivity contribution in [3.63, 3.8) is 0 Å². The van der Waals surface area contributed by atoms with Crippen LogP contribution >= 0.6 is 0 Å². The molecule has 2 aromatic heterocycles. The number of hydrogen-bond acceptors (Lipinski definition) is 2. The van der Waals surface area contributed by atoms with Crippen LogP contribution in [0.1, 0.15) is 50.7 Å². The number of para-hydroxylation sites is 2. The molecule has 48 heavy (non-hydrogen) atoms. The molecule has 0 aliphatic carbocycles. The van der Waals surface area contributed by atoms with E-state index in [1.165, 1.54) is 27.9 Å². The van der Waals surface area contributed by atoms with E-state index >= 15 is 0 Å². The first-order chi connectivity index (χ1) is 23.5. The monoisotopic (exact) mass is 622 g/mol. The van der Waals surface area contributed by atoms with Gasteiger partial charge in [0.05, 0.1) is 16.7 Å². The Kier molecular flexibility index (Phi) is 7.53. The Labute approximate surface area is 282 Å². The lowest BCUT2D eigenvalue weighted by atomic mass is 9.88. The van der Waals surface area contributed by atoms with Gasteiger partial charge in [0.25, 0.3) is 0 Å². The van der Waals surface area contributed by atoms with E-state index < -0.39 is 0 Å². The molecular weight excluding hydrogens is 585 g/mol. The van der Waals surface area contributed by atoms with Crippen LogP contribution in [0.25, 0.3) is 72.7 Å². The van der Waals surface area contributed by atoms with Crippen molar-refractivity contribution in [1.29, 1.82) is 0 Å². The Morgan fingerprint density at radius 1 is 0.521 bits per heavy atom. The summed E-state index contributed by atoms with van der Waals surface area (Å²) in [6, 6.07) is 51.6. The molecule has 3 heteroatoms. The maximum absolute atomic E-state index is 6.65. The number of aromatic nitrogens is 2. The second-order valence-electron chi connectivity index (χ2n) is 13.2. The maximum atomic E-state index is 6.65. The summed E-state index contributed by atoms with van der Waals surface area (Å²) < 4.78 is 9.06. The van der Waals surface area contributed by atoms with Crippen molar-refractivity contribution < 1.29 is 4.42 Å². The zero-order valence-electron chi connectivity index (χ0n) is 27.8. The normalized spacial score (nSPS) is 11.7. The zero-order valence-corrected chi connectivity index (χ0v) is 27.8. The van der Waals surface area contributed by atoms with Gasteiger partial charge in [-0.1, -0.05) is 131 Å². The second kappa shape index (κ2) is 12.2. The first kappa shape index (κ1) is 29.7. The van der Waals surface area contributed by atoms with E-state index in [1.807, 2.05) is 6.07 Å². The van der Waals surface area contributed by atoms with Gasteiger partial charge in [-0.2, -0.15) is 0 Å². The SMILES string of the molecule is CC(C)c1cc(-c2ccccc2)cc(C(C)C)c1-n1c(-c2cc(-c3ccccc3)c3cc(-c4ccccc4)oc3c2)nc2ccccc21. The Bertz CT molecular complexity index is 2350. The minimum atomic E-state index is 0.288.